The van der Waals surface area contributed by atoms with E-state index < -0.39 is 23.8 Å². The number of anilines is 1. The van der Waals surface area contributed by atoms with Crippen molar-refractivity contribution in [3.8, 4) is 0 Å². The third-order valence-electron chi connectivity index (χ3n) is 7.54. The molecule has 41 heavy (non-hydrogen) atoms. The van der Waals surface area contributed by atoms with E-state index in [-0.39, 0.29) is 11.8 Å². The Morgan fingerprint density at radius 1 is 1.10 bits per heavy atom. The number of benzene rings is 1. The summed E-state index contributed by atoms with van der Waals surface area (Å²) >= 11 is 3.24. The molecule has 2 aliphatic heterocycles. The number of carbonyl (C=O) groups is 3. The van der Waals surface area contributed by atoms with Gasteiger partial charge >= 0.3 is 6.09 Å². The van der Waals surface area contributed by atoms with Crippen molar-refractivity contribution in [2.24, 2.45) is 5.92 Å². The molecule has 3 amide bonds. The Labute approximate surface area is 253 Å². The van der Waals surface area contributed by atoms with Crippen molar-refractivity contribution >= 4 is 47.1 Å². The minimum atomic E-state index is -0.713. The van der Waals surface area contributed by atoms with Crippen LogP contribution in [-0.2, 0) is 25.6 Å². The van der Waals surface area contributed by atoms with Crippen molar-refractivity contribution in [2.45, 2.75) is 77.1 Å². The van der Waals surface area contributed by atoms with Crippen molar-refractivity contribution in [3.63, 3.8) is 0 Å². The number of nitrogens with zero attached hydrogens (tertiary/aromatic N) is 2. The van der Waals surface area contributed by atoms with Crippen LogP contribution in [0.4, 0.5) is 10.5 Å². The molecule has 4 rings (SSSR count). The lowest BCUT2D eigenvalue weighted by molar-refractivity contribution is -0.128. The van der Waals surface area contributed by atoms with E-state index in [0.29, 0.717) is 29.0 Å². The van der Waals surface area contributed by atoms with Crippen LogP contribution in [0.1, 0.15) is 58.4 Å². The highest BCUT2D eigenvalue weighted by atomic mass is 32.2. The Balaban J connectivity index is 1.37. The number of nitrogens with one attached hydrogen (secondary N) is 2. The molecule has 3 fully saturated rings. The van der Waals surface area contributed by atoms with E-state index in [1.807, 2.05) is 45.0 Å². The predicted octanol–water partition coefficient (Wildman–Crippen LogP) is 4.57. The lowest BCUT2D eigenvalue weighted by Gasteiger charge is -2.28. The SMILES string of the molecule is CC(C)(C)OC(=O)N1CSCC1C(=O)NC(CSCC1CCCCC1)C(=O)Nc1ccc(CN2CCOCC2)cc1. The molecular formula is C30H46N4O5S2. The summed E-state index contributed by atoms with van der Waals surface area (Å²) < 4.78 is 11.0. The average molecular weight is 607 g/mol. The number of carbonyl (C=O) groups excluding carboxylic acids is 3. The summed E-state index contributed by atoms with van der Waals surface area (Å²) in [6.45, 7) is 9.63. The molecule has 1 aliphatic carbocycles. The first-order valence-electron chi connectivity index (χ1n) is 14.8. The van der Waals surface area contributed by atoms with Crippen molar-refractivity contribution in [2.75, 3.05) is 54.8 Å². The van der Waals surface area contributed by atoms with Gasteiger partial charge in [0.2, 0.25) is 11.8 Å². The quantitative estimate of drug-likeness (QED) is 0.400. The van der Waals surface area contributed by atoms with Gasteiger partial charge in [-0.1, -0.05) is 31.4 Å². The number of amides is 3. The molecule has 0 aromatic heterocycles. The average Bonchev–Trinajstić information content (AvgIpc) is 3.44. The molecule has 228 valence electrons. The van der Waals surface area contributed by atoms with Gasteiger partial charge in [-0.25, -0.2) is 4.79 Å². The fourth-order valence-corrected chi connectivity index (χ4v) is 7.67. The van der Waals surface area contributed by atoms with Crippen LogP contribution < -0.4 is 10.6 Å². The van der Waals surface area contributed by atoms with Crippen molar-refractivity contribution < 1.29 is 23.9 Å². The number of ether oxygens (including phenoxy) is 2. The van der Waals surface area contributed by atoms with Gasteiger partial charge in [-0.3, -0.25) is 19.4 Å². The summed E-state index contributed by atoms with van der Waals surface area (Å²) in [7, 11) is 0. The zero-order valence-corrected chi connectivity index (χ0v) is 26.3. The van der Waals surface area contributed by atoms with Crippen LogP contribution in [0, 0.1) is 5.92 Å². The Morgan fingerprint density at radius 3 is 2.49 bits per heavy atom. The second kappa shape index (κ2) is 15.5. The minimum Gasteiger partial charge on any atom is -0.444 e. The summed E-state index contributed by atoms with van der Waals surface area (Å²) in [4.78, 5) is 43.5. The van der Waals surface area contributed by atoms with Gasteiger partial charge in [0.15, 0.2) is 0 Å². The van der Waals surface area contributed by atoms with Gasteiger partial charge in [0, 0.05) is 36.8 Å². The first-order valence-corrected chi connectivity index (χ1v) is 17.1. The van der Waals surface area contributed by atoms with E-state index in [9.17, 15) is 14.4 Å². The molecule has 1 aromatic carbocycles. The number of hydrogen-bond acceptors (Lipinski definition) is 8. The second-order valence-electron chi connectivity index (χ2n) is 12.1. The Morgan fingerprint density at radius 2 is 1.80 bits per heavy atom. The zero-order valence-electron chi connectivity index (χ0n) is 24.7. The van der Waals surface area contributed by atoms with Crippen LogP contribution in [0.5, 0.6) is 0 Å². The summed E-state index contributed by atoms with van der Waals surface area (Å²) in [5.74, 6) is 2.43. The number of hydrogen-bond donors (Lipinski definition) is 2. The largest absolute Gasteiger partial charge is 0.444 e. The molecule has 1 aromatic rings. The van der Waals surface area contributed by atoms with Crippen molar-refractivity contribution in [3.05, 3.63) is 29.8 Å². The van der Waals surface area contributed by atoms with Gasteiger partial charge in [-0.05, 0) is 63.0 Å². The van der Waals surface area contributed by atoms with E-state index in [1.54, 1.807) is 11.8 Å². The molecule has 2 unspecified atom stereocenters. The van der Waals surface area contributed by atoms with Crippen LogP contribution >= 0.6 is 23.5 Å². The normalized spacial score (nSPS) is 21.3. The van der Waals surface area contributed by atoms with Crippen LogP contribution in [0.25, 0.3) is 0 Å². The van der Waals surface area contributed by atoms with Gasteiger partial charge in [0.05, 0.1) is 19.1 Å². The van der Waals surface area contributed by atoms with Gasteiger partial charge in [-0.15, -0.1) is 11.8 Å². The molecule has 0 spiro atoms. The molecule has 2 saturated heterocycles. The molecule has 2 heterocycles. The maximum Gasteiger partial charge on any atom is 0.411 e. The summed E-state index contributed by atoms with van der Waals surface area (Å²) in [5, 5.41) is 5.99. The highest BCUT2D eigenvalue weighted by Gasteiger charge is 2.38. The van der Waals surface area contributed by atoms with Crippen LogP contribution in [-0.4, -0.2) is 94.8 Å². The van der Waals surface area contributed by atoms with E-state index >= 15 is 0 Å². The minimum absolute atomic E-state index is 0.245. The van der Waals surface area contributed by atoms with Crippen LogP contribution in [0.15, 0.2) is 24.3 Å². The Bertz CT molecular complexity index is 1010. The van der Waals surface area contributed by atoms with E-state index in [2.05, 4.69) is 15.5 Å². The molecule has 0 radical (unpaired) electrons. The number of thioether (sulfide) groups is 2. The van der Waals surface area contributed by atoms with Gasteiger partial charge < -0.3 is 20.1 Å². The Hall–Kier alpha value is -1.95. The number of morpholine rings is 1. The zero-order chi connectivity index (χ0) is 29.2. The maximum atomic E-state index is 13.5. The molecule has 11 heteroatoms. The second-order valence-corrected chi connectivity index (χ2v) is 14.2. The first kappa shape index (κ1) is 32.0. The van der Waals surface area contributed by atoms with E-state index in [1.165, 1.54) is 54.3 Å². The predicted molar refractivity (Wildman–Crippen MR) is 166 cm³/mol. The van der Waals surface area contributed by atoms with Crippen LogP contribution in [0.2, 0.25) is 0 Å². The van der Waals surface area contributed by atoms with Crippen LogP contribution in [0.3, 0.4) is 0 Å². The summed E-state index contributed by atoms with van der Waals surface area (Å²) in [6.07, 6.45) is 5.81. The van der Waals surface area contributed by atoms with Gasteiger partial charge in [-0.2, -0.15) is 11.8 Å². The third-order valence-corrected chi connectivity index (χ3v) is 9.83. The fourth-order valence-electron chi connectivity index (χ4n) is 5.26. The molecule has 3 aliphatic rings. The van der Waals surface area contributed by atoms with Gasteiger partial charge in [0.25, 0.3) is 0 Å². The first-order chi connectivity index (χ1) is 19.7. The van der Waals surface area contributed by atoms with Gasteiger partial charge in [0.1, 0.15) is 17.7 Å². The summed E-state index contributed by atoms with van der Waals surface area (Å²) in [6, 6.07) is 6.51. The lowest BCUT2D eigenvalue weighted by atomic mass is 9.91. The monoisotopic (exact) mass is 606 g/mol. The fraction of sp³-hybridized carbons (Fsp3) is 0.700. The highest BCUT2D eigenvalue weighted by molar-refractivity contribution is 7.99. The topological polar surface area (TPSA) is 100 Å². The molecular weight excluding hydrogens is 560 g/mol. The molecule has 9 nitrogen and oxygen atoms in total. The molecule has 0 bridgehead atoms. The van der Waals surface area contributed by atoms with E-state index in [0.717, 1.165) is 38.6 Å². The summed E-state index contributed by atoms with van der Waals surface area (Å²) in [5.41, 5.74) is 1.23. The van der Waals surface area contributed by atoms with Crippen molar-refractivity contribution in [1.29, 1.82) is 0 Å². The molecule has 2 N–H and O–H groups in total. The Kier molecular flexibility index (Phi) is 12.1. The lowest BCUT2D eigenvalue weighted by Crippen LogP contribution is -2.54. The number of rotatable bonds is 10. The highest BCUT2D eigenvalue weighted by Crippen LogP contribution is 2.28. The smallest absolute Gasteiger partial charge is 0.411 e. The standard InChI is InChI=1S/C30H46N4O5S2/c1-30(2,3)39-29(37)34-21-41-20-26(34)28(36)32-25(19-40-18-23-7-5-4-6-8-23)27(35)31-24-11-9-22(10-12-24)17-33-13-15-38-16-14-33/h9-12,23,25-26H,4-8,13-21H2,1-3H3,(H,31,35)(H,32,36). The maximum absolute atomic E-state index is 13.5. The third kappa shape index (κ3) is 10.4. The molecule has 1 saturated carbocycles. The van der Waals surface area contributed by atoms with Crippen molar-refractivity contribution in [1.82, 2.24) is 15.1 Å². The van der Waals surface area contributed by atoms with E-state index in [4.69, 9.17) is 9.47 Å². The molecule has 2 atom stereocenters.